The fourth-order valence-corrected chi connectivity index (χ4v) is 3.40. The number of carbonyl (C=O) groups excluding carboxylic acids is 1. The molecule has 0 fully saturated rings. The van der Waals surface area contributed by atoms with Gasteiger partial charge in [-0.05, 0) is 35.4 Å². The molecule has 7 heteroatoms. The number of aliphatic hydroxyl groups is 1. The number of hydrogen-bond acceptors (Lipinski definition) is 7. The molecule has 0 saturated carbocycles. The van der Waals surface area contributed by atoms with Crippen molar-refractivity contribution in [3.8, 4) is 28.7 Å². The average Bonchev–Trinajstić information content (AvgIpc) is 2.70. The number of ether oxygens (including phenoxy) is 1. The van der Waals surface area contributed by atoms with Gasteiger partial charge in [0, 0.05) is 18.1 Å². The van der Waals surface area contributed by atoms with Crippen molar-refractivity contribution in [3.05, 3.63) is 76.9 Å². The molecule has 0 radical (unpaired) electrons. The number of benzene rings is 3. The van der Waals surface area contributed by atoms with E-state index in [1.165, 1.54) is 42.5 Å². The summed E-state index contributed by atoms with van der Waals surface area (Å²) in [7, 11) is 0. The highest BCUT2D eigenvalue weighted by Crippen LogP contribution is 2.45. The minimum Gasteiger partial charge on any atom is -0.508 e. The summed E-state index contributed by atoms with van der Waals surface area (Å²) >= 11 is 0. The van der Waals surface area contributed by atoms with Crippen LogP contribution >= 0.6 is 0 Å². The van der Waals surface area contributed by atoms with Gasteiger partial charge in [-0.2, -0.15) is 0 Å². The van der Waals surface area contributed by atoms with Crippen LogP contribution in [0.2, 0.25) is 0 Å². The maximum Gasteiger partial charge on any atom is 0.202 e. The van der Waals surface area contributed by atoms with Gasteiger partial charge >= 0.3 is 0 Å². The largest absolute Gasteiger partial charge is 0.508 e. The molecule has 4 rings (SSSR count). The van der Waals surface area contributed by atoms with E-state index in [1.807, 2.05) is 0 Å². The summed E-state index contributed by atoms with van der Waals surface area (Å²) in [6, 6.07) is 13.3. The van der Waals surface area contributed by atoms with Gasteiger partial charge in [0.1, 0.15) is 34.3 Å². The molecule has 0 amide bonds. The molecule has 29 heavy (non-hydrogen) atoms. The average molecular weight is 394 g/mol. The van der Waals surface area contributed by atoms with Gasteiger partial charge in [0.15, 0.2) is 12.2 Å². The van der Waals surface area contributed by atoms with Gasteiger partial charge in [0.05, 0.1) is 0 Å². The number of carbonyl (C=O) groups is 1. The number of fused-ring (bicyclic) bond motifs is 1. The Hall–Kier alpha value is -3.71. The fraction of sp³-hybridized carbons (Fsp3) is 0.136. The minimum absolute atomic E-state index is 0.0277. The summed E-state index contributed by atoms with van der Waals surface area (Å²) < 4.78 is 5.72. The molecule has 0 aliphatic carbocycles. The van der Waals surface area contributed by atoms with Gasteiger partial charge in [-0.3, -0.25) is 4.79 Å². The van der Waals surface area contributed by atoms with E-state index < -0.39 is 23.7 Å². The quantitative estimate of drug-likeness (QED) is 0.462. The van der Waals surface area contributed by atoms with Crippen LogP contribution in [0.4, 0.5) is 0 Å². The smallest absolute Gasteiger partial charge is 0.202 e. The molecule has 0 unspecified atom stereocenters. The SMILES string of the molecule is O=C1c2c(cc(O)c(Cc3ccc(O)cc3)c2O)O[C@H](c2ccc(O)cc2)[C@H]1O. The van der Waals surface area contributed by atoms with E-state index in [4.69, 9.17) is 4.74 Å². The number of phenolic OH excluding ortho intramolecular Hbond substituents is 4. The van der Waals surface area contributed by atoms with Crippen LogP contribution in [-0.2, 0) is 6.42 Å². The summed E-state index contributed by atoms with van der Waals surface area (Å²) in [4.78, 5) is 12.8. The number of rotatable bonds is 3. The predicted octanol–water partition coefficient (Wildman–Crippen LogP) is 2.78. The minimum atomic E-state index is -1.57. The molecule has 0 aromatic heterocycles. The molecule has 7 nitrogen and oxygen atoms in total. The van der Waals surface area contributed by atoms with Crippen molar-refractivity contribution in [2.24, 2.45) is 0 Å². The summed E-state index contributed by atoms with van der Waals surface area (Å²) in [5.41, 5.74) is 1.07. The molecule has 1 aliphatic rings. The first-order valence-electron chi connectivity index (χ1n) is 8.88. The predicted molar refractivity (Wildman–Crippen MR) is 102 cm³/mol. The number of aromatic hydroxyl groups is 4. The van der Waals surface area contributed by atoms with Crippen LogP contribution in [0.15, 0.2) is 54.6 Å². The first-order valence-corrected chi connectivity index (χ1v) is 8.88. The lowest BCUT2D eigenvalue weighted by atomic mass is 9.90. The van der Waals surface area contributed by atoms with Crippen molar-refractivity contribution >= 4 is 5.78 Å². The van der Waals surface area contributed by atoms with E-state index in [-0.39, 0.29) is 40.5 Å². The molecule has 1 aliphatic heterocycles. The molecule has 0 saturated heterocycles. The van der Waals surface area contributed by atoms with Crippen molar-refractivity contribution in [1.82, 2.24) is 0 Å². The Bertz CT molecular complexity index is 1070. The zero-order chi connectivity index (χ0) is 20.7. The number of Topliss-reactive ketones (excluding diaryl/α,β-unsaturated/α-hetero) is 1. The zero-order valence-corrected chi connectivity index (χ0v) is 15.1. The van der Waals surface area contributed by atoms with Gasteiger partial charge in [0.25, 0.3) is 0 Å². The highest BCUT2D eigenvalue weighted by atomic mass is 16.5. The Labute approximate surface area is 165 Å². The second-order valence-corrected chi connectivity index (χ2v) is 6.88. The Morgan fingerprint density at radius 2 is 1.45 bits per heavy atom. The van der Waals surface area contributed by atoms with Gasteiger partial charge in [-0.15, -0.1) is 0 Å². The van der Waals surface area contributed by atoms with Gasteiger partial charge in [-0.25, -0.2) is 0 Å². The van der Waals surface area contributed by atoms with Crippen LogP contribution in [0.5, 0.6) is 28.7 Å². The molecule has 0 spiro atoms. The lowest BCUT2D eigenvalue weighted by Crippen LogP contribution is -2.36. The first kappa shape index (κ1) is 18.6. The molecule has 148 valence electrons. The van der Waals surface area contributed by atoms with E-state index >= 15 is 0 Å². The monoisotopic (exact) mass is 394 g/mol. The topological polar surface area (TPSA) is 127 Å². The van der Waals surface area contributed by atoms with Crippen LogP contribution in [0, 0.1) is 0 Å². The first-order chi connectivity index (χ1) is 13.8. The molecular formula is C22H18O7. The van der Waals surface area contributed by atoms with E-state index in [9.17, 15) is 30.3 Å². The van der Waals surface area contributed by atoms with E-state index in [0.29, 0.717) is 11.1 Å². The lowest BCUT2D eigenvalue weighted by Gasteiger charge is -2.31. The lowest BCUT2D eigenvalue weighted by molar-refractivity contribution is 0.0210. The number of ketones is 1. The Kier molecular flexibility index (Phi) is 4.52. The number of hydrogen-bond donors (Lipinski definition) is 5. The molecule has 0 bridgehead atoms. The van der Waals surface area contributed by atoms with Crippen molar-refractivity contribution in [2.45, 2.75) is 18.6 Å². The molecule has 1 heterocycles. The van der Waals surface area contributed by atoms with Crippen LogP contribution < -0.4 is 4.74 Å². The van der Waals surface area contributed by atoms with Gasteiger partial charge in [0.2, 0.25) is 5.78 Å². The van der Waals surface area contributed by atoms with Crippen molar-refractivity contribution < 1.29 is 35.1 Å². The Morgan fingerprint density at radius 3 is 2.07 bits per heavy atom. The normalized spacial score (nSPS) is 18.2. The van der Waals surface area contributed by atoms with Gasteiger partial charge in [-0.1, -0.05) is 24.3 Å². The maximum absolute atomic E-state index is 12.8. The summed E-state index contributed by atoms with van der Waals surface area (Å²) in [6.07, 6.45) is -2.50. The Balaban J connectivity index is 1.73. The third kappa shape index (κ3) is 3.32. The van der Waals surface area contributed by atoms with Crippen LogP contribution in [0.25, 0.3) is 0 Å². The fourth-order valence-electron chi connectivity index (χ4n) is 3.40. The van der Waals surface area contributed by atoms with E-state index in [1.54, 1.807) is 12.1 Å². The number of aliphatic hydroxyl groups excluding tert-OH is 1. The van der Waals surface area contributed by atoms with Crippen LogP contribution in [0.1, 0.15) is 33.2 Å². The second-order valence-electron chi connectivity index (χ2n) is 6.88. The Morgan fingerprint density at radius 1 is 0.862 bits per heavy atom. The highest BCUT2D eigenvalue weighted by Gasteiger charge is 2.40. The molecule has 3 aromatic carbocycles. The standard InChI is InChI=1S/C22H18O7/c23-13-5-1-11(2-6-13)9-15-16(25)10-17-18(19(15)26)20(27)21(28)22(29-17)12-3-7-14(24)8-4-12/h1-8,10,21-26,28H,9H2/t21-,22+/m0/s1. The highest BCUT2D eigenvalue weighted by molar-refractivity contribution is 6.06. The van der Waals surface area contributed by atoms with Crippen LogP contribution in [-0.4, -0.2) is 37.4 Å². The maximum atomic E-state index is 12.8. The van der Waals surface area contributed by atoms with E-state index in [2.05, 4.69) is 0 Å². The van der Waals surface area contributed by atoms with E-state index in [0.717, 1.165) is 0 Å². The third-order valence-corrected chi connectivity index (χ3v) is 4.94. The summed E-state index contributed by atoms with van der Waals surface area (Å²) in [6.45, 7) is 0. The van der Waals surface area contributed by atoms with Crippen molar-refractivity contribution in [2.75, 3.05) is 0 Å². The molecule has 5 N–H and O–H groups in total. The zero-order valence-electron chi connectivity index (χ0n) is 15.1. The molecule has 2 atom stereocenters. The van der Waals surface area contributed by atoms with Gasteiger partial charge < -0.3 is 30.3 Å². The van der Waals surface area contributed by atoms with Crippen molar-refractivity contribution in [1.29, 1.82) is 0 Å². The molecule has 3 aromatic rings. The second kappa shape index (κ2) is 7.03. The van der Waals surface area contributed by atoms with Crippen LogP contribution in [0.3, 0.4) is 0 Å². The summed E-state index contributed by atoms with van der Waals surface area (Å²) in [5, 5.41) is 50.4. The third-order valence-electron chi connectivity index (χ3n) is 4.94. The van der Waals surface area contributed by atoms with Crippen molar-refractivity contribution in [3.63, 3.8) is 0 Å². The molecular weight excluding hydrogens is 376 g/mol. The summed E-state index contributed by atoms with van der Waals surface area (Å²) in [5.74, 6) is -1.37. The number of phenols is 4.